The molecule has 3 aromatic rings. The maximum atomic E-state index is 13.4. The van der Waals surface area contributed by atoms with Gasteiger partial charge in [0.05, 0.1) is 6.10 Å². The summed E-state index contributed by atoms with van der Waals surface area (Å²) in [7, 11) is 0. The number of hydrogen-bond donors (Lipinski definition) is 1. The number of H-pyrrole nitrogens is 1. The van der Waals surface area contributed by atoms with Gasteiger partial charge in [-0.25, -0.2) is 0 Å². The third kappa shape index (κ3) is 6.12. The summed E-state index contributed by atoms with van der Waals surface area (Å²) in [5, 5.41) is 0.934. The number of benzene rings is 2. The summed E-state index contributed by atoms with van der Waals surface area (Å²) in [6.45, 7) is 6.06. The zero-order chi connectivity index (χ0) is 25.5. The van der Waals surface area contributed by atoms with Gasteiger partial charge in [-0.3, -0.25) is 14.4 Å². The second-order valence-corrected chi connectivity index (χ2v) is 9.04. The Morgan fingerprint density at radius 2 is 1.83 bits per heavy atom. The van der Waals surface area contributed by atoms with Gasteiger partial charge in [0, 0.05) is 55.4 Å². The van der Waals surface area contributed by atoms with E-state index in [0.717, 1.165) is 16.5 Å². The molecule has 2 aromatic carbocycles. The number of carbonyl (C=O) groups excluding carboxylic acids is 3. The Kier molecular flexibility index (Phi) is 8.38. The van der Waals surface area contributed by atoms with E-state index >= 15 is 0 Å². The molecule has 1 aromatic heterocycles. The van der Waals surface area contributed by atoms with Crippen LogP contribution in [0.15, 0.2) is 60.8 Å². The molecule has 1 fully saturated rings. The Morgan fingerprint density at radius 1 is 1.06 bits per heavy atom. The van der Waals surface area contributed by atoms with Crippen molar-refractivity contribution in [2.24, 2.45) is 0 Å². The van der Waals surface area contributed by atoms with Gasteiger partial charge in [0.1, 0.15) is 13.2 Å². The molecule has 0 unspecified atom stereocenters. The Hall–Kier alpha value is -3.65. The third-order valence-electron chi connectivity index (χ3n) is 6.69. The molecule has 1 atom stereocenters. The Balaban J connectivity index is 1.51. The van der Waals surface area contributed by atoms with Crippen molar-refractivity contribution in [1.29, 1.82) is 0 Å². The van der Waals surface area contributed by atoms with Gasteiger partial charge in [0.25, 0.3) is 5.91 Å². The molecular weight excluding hydrogens is 456 g/mol. The number of aromatic amines is 1. The number of nitrogens with one attached hydrogen (secondary N) is 1. The molecule has 1 N–H and O–H groups in total. The fourth-order valence-electron chi connectivity index (χ4n) is 4.59. The second-order valence-electron chi connectivity index (χ2n) is 9.04. The summed E-state index contributed by atoms with van der Waals surface area (Å²) >= 11 is 0. The maximum Gasteiger partial charge on any atom is 0.254 e. The number of amides is 3. The number of ether oxygens (including phenoxy) is 1. The standard InChI is InChI=1S/C28H34N4O4/c1-3-30(4-2)27(34)20-36-24-17-31(15-13-21-8-6-5-7-9-21)26(33)19-32(18-24)28(35)23-10-11-25-22(16-23)12-14-29-25/h5-12,14,16,24,29H,3-4,13,15,17-20H2,1-2H3/t24-/m1/s1. The normalized spacial score (nSPS) is 16.3. The topological polar surface area (TPSA) is 85.9 Å². The lowest BCUT2D eigenvalue weighted by molar-refractivity contribution is -0.138. The lowest BCUT2D eigenvalue weighted by atomic mass is 10.1. The Morgan fingerprint density at radius 3 is 2.58 bits per heavy atom. The molecular formula is C28H34N4O4. The minimum atomic E-state index is -0.466. The third-order valence-corrected chi connectivity index (χ3v) is 6.69. The summed E-state index contributed by atoms with van der Waals surface area (Å²) in [6.07, 6.45) is 2.07. The summed E-state index contributed by atoms with van der Waals surface area (Å²) in [6, 6.07) is 17.4. The monoisotopic (exact) mass is 490 g/mol. The van der Waals surface area contributed by atoms with Crippen molar-refractivity contribution < 1.29 is 19.1 Å². The SMILES string of the molecule is CCN(CC)C(=O)CO[C@@H]1CN(CCc2ccccc2)C(=O)CN(C(=O)c2ccc3[nH]ccc3c2)C1. The van der Waals surface area contributed by atoms with E-state index in [1.165, 1.54) is 0 Å². The molecule has 2 heterocycles. The van der Waals surface area contributed by atoms with E-state index in [4.69, 9.17) is 4.74 Å². The van der Waals surface area contributed by atoms with E-state index in [9.17, 15) is 14.4 Å². The van der Waals surface area contributed by atoms with Crippen molar-refractivity contribution in [3.05, 3.63) is 71.9 Å². The van der Waals surface area contributed by atoms with Gasteiger partial charge in [0.15, 0.2) is 0 Å². The van der Waals surface area contributed by atoms with E-state index < -0.39 is 6.10 Å². The molecule has 190 valence electrons. The zero-order valence-corrected chi connectivity index (χ0v) is 21.0. The number of likely N-dealkylation sites (N-methyl/N-ethyl adjacent to an activating group) is 1. The van der Waals surface area contributed by atoms with Crippen LogP contribution in [0, 0.1) is 0 Å². The van der Waals surface area contributed by atoms with Crippen LogP contribution >= 0.6 is 0 Å². The van der Waals surface area contributed by atoms with Crippen LogP contribution in [0.2, 0.25) is 0 Å². The van der Waals surface area contributed by atoms with Crippen molar-refractivity contribution in [3.63, 3.8) is 0 Å². The Labute approximate surface area is 211 Å². The first-order chi connectivity index (χ1) is 17.5. The molecule has 1 aliphatic rings. The molecule has 4 rings (SSSR count). The highest BCUT2D eigenvalue weighted by Crippen LogP contribution is 2.18. The van der Waals surface area contributed by atoms with E-state index in [-0.39, 0.29) is 37.4 Å². The van der Waals surface area contributed by atoms with E-state index in [1.807, 2.05) is 68.6 Å². The molecule has 1 saturated heterocycles. The maximum absolute atomic E-state index is 13.4. The predicted molar refractivity (Wildman–Crippen MR) is 139 cm³/mol. The van der Waals surface area contributed by atoms with E-state index in [0.29, 0.717) is 38.2 Å². The first kappa shape index (κ1) is 25.4. The van der Waals surface area contributed by atoms with Gasteiger partial charge in [-0.2, -0.15) is 0 Å². The highest BCUT2D eigenvalue weighted by molar-refractivity contribution is 5.99. The average molecular weight is 491 g/mol. The highest BCUT2D eigenvalue weighted by atomic mass is 16.5. The number of rotatable bonds is 9. The van der Waals surface area contributed by atoms with Crippen molar-refractivity contribution in [3.8, 4) is 0 Å². The molecule has 0 bridgehead atoms. The van der Waals surface area contributed by atoms with Crippen molar-refractivity contribution in [2.45, 2.75) is 26.4 Å². The number of fused-ring (bicyclic) bond motifs is 1. The molecule has 0 saturated carbocycles. The predicted octanol–water partition coefficient (Wildman–Crippen LogP) is 2.95. The molecule has 1 aliphatic heterocycles. The van der Waals surface area contributed by atoms with Crippen LogP contribution in [0.1, 0.15) is 29.8 Å². The lowest BCUT2D eigenvalue weighted by Crippen LogP contribution is -2.41. The van der Waals surface area contributed by atoms with Crippen LogP contribution in [0.5, 0.6) is 0 Å². The first-order valence-electron chi connectivity index (χ1n) is 12.6. The Bertz CT molecular complexity index is 1190. The number of nitrogens with zero attached hydrogens (tertiary/aromatic N) is 3. The molecule has 0 aliphatic carbocycles. The first-order valence-corrected chi connectivity index (χ1v) is 12.6. The summed E-state index contributed by atoms with van der Waals surface area (Å²) in [5.41, 5.74) is 2.60. The largest absolute Gasteiger partial charge is 0.365 e. The van der Waals surface area contributed by atoms with Crippen LogP contribution in [0.4, 0.5) is 0 Å². The number of carbonyl (C=O) groups is 3. The minimum absolute atomic E-state index is 0.0252. The van der Waals surface area contributed by atoms with Gasteiger partial charge in [0.2, 0.25) is 11.8 Å². The van der Waals surface area contributed by atoms with Crippen molar-refractivity contribution in [2.75, 3.05) is 45.9 Å². The summed E-state index contributed by atoms with van der Waals surface area (Å²) in [5.74, 6) is -0.439. The van der Waals surface area contributed by atoms with E-state index in [2.05, 4.69) is 4.98 Å². The van der Waals surface area contributed by atoms with Crippen LogP contribution in [0.25, 0.3) is 10.9 Å². The number of aromatic nitrogens is 1. The summed E-state index contributed by atoms with van der Waals surface area (Å²) in [4.78, 5) is 47.4. The molecule has 8 heteroatoms. The van der Waals surface area contributed by atoms with Gasteiger partial charge in [-0.1, -0.05) is 30.3 Å². The van der Waals surface area contributed by atoms with Gasteiger partial charge in [-0.15, -0.1) is 0 Å². The van der Waals surface area contributed by atoms with Crippen molar-refractivity contribution in [1.82, 2.24) is 19.7 Å². The van der Waals surface area contributed by atoms with Crippen LogP contribution in [0.3, 0.4) is 0 Å². The van der Waals surface area contributed by atoms with E-state index in [1.54, 1.807) is 20.8 Å². The van der Waals surface area contributed by atoms with Gasteiger partial charge in [-0.05, 0) is 50.1 Å². The second kappa shape index (κ2) is 11.9. The highest BCUT2D eigenvalue weighted by Gasteiger charge is 2.32. The smallest absolute Gasteiger partial charge is 0.254 e. The fourth-order valence-corrected chi connectivity index (χ4v) is 4.59. The molecule has 3 amide bonds. The minimum Gasteiger partial charge on any atom is -0.365 e. The zero-order valence-electron chi connectivity index (χ0n) is 21.0. The lowest BCUT2D eigenvalue weighted by Gasteiger charge is -2.26. The van der Waals surface area contributed by atoms with Gasteiger partial charge >= 0.3 is 0 Å². The van der Waals surface area contributed by atoms with Crippen molar-refractivity contribution >= 4 is 28.6 Å². The van der Waals surface area contributed by atoms with Crippen LogP contribution < -0.4 is 0 Å². The van der Waals surface area contributed by atoms with Gasteiger partial charge < -0.3 is 24.4 Å². The molecule has 8 nitrogen and oxygen atoms in total. The molecule has 36 heavy (non-hydrogen) atoms. The number of hydrogen-bond acceptors (Lipinski definition) is 4. The average Bonchev–Trinajstić information content (AvgIpc) is 3.31. The van der Waals surface area contributed by atoms with Crippen LogP contribution in [-0.4, -0.2) is 89.4 Å². The summed E-state index contributed by atoms with van der Waals surface area (Å²) < 4.78 is 6.03. The molecule has 0 radical (unpaired) electrons. The van der Waals surface area contributed by atoms with Crippen LogP contribution in [-0.2, 0) is 20.7 Å². The fraction of sp³-hybridized carbons (Fsp3) is 0.393. The quantitative estimate of drug-likeness (QED) is 0.500. The molecule has 0 spiro atoms.